The predicted octanol–water partition coefficient (Wildman–Crippen LogP) is 4.68. The number of amides is 1. The van der Waals surface area contributed by atoms with Crippen molar-refractivity contribution in [3.05, 3.63) is 28.8 Å². The van der Waals surface area contributed by atoms with E-state index in [-0.39, 0.29) is 5.91 Å². The van der Waals surface area contributed by atoms with Crippen LogP contribution in [-0.4, -0.2) is 19.1 Å². The summed E-state index contributed by atoms with van der Waals surface area (Å²) >= 11 is 6.11. The van der Waals surface area contributed by atoms with Gasteiger partial charge in [-0.1, -0.05) is 44.7 Å². The average molecular weight is 312 g/mol. The maximum Gasteiger partial charge on any atom is 0.251 e. The molecule has 0 unspecified atom stereocenters. The number of ether oxygens (including phenoxy) is 1. The van der Waals surface area contributed by atoms with Crippen LogP contribution >= 0.6 is 11.6 Å². The zero-order chi connectivity index (χ0) is 15.7. The molecule has 1 amide bonds. The van der Waals surface area contributed by atoms with Crippen LogP contribution < -0.4 is 10.1 Å². The zero-order valence-electron chi connectivity index (χ0n) is 13.2. The van der Waals surface area contributed by atoms with Crippen LogP contribution in [0.25, 0.3) is 0 Å². The Balaban J connectivity index is 2.57. The van der Waals surface area contributed by atoms with Crippen LogP contribution in [-0.2, 0) is 0 Å². The molecule has 1 aromatic rings. The number of carbonyl (C=O) groups excluding carboxylic acids is 1. The lowest BCUT2D eigenvalue weighted by Gasteiger charge is -2.15. The van der Waals surface area contributed by atoms with E-state index in [0.29, 0.717) is 28.9 Å². The highest BCUT2D eigenvalue weighted by Crippen LogP contribution is 2.25. The van der Waals surface area contributed by atoms with Crippen LogP contribution in [0.1, 0.15) is 56.8 Å². The summed E-state index contributed by atoms with van der Waals surface area (Å²) in [4.78, 5) is 12.1. The Morgan fingerprint density at radius 1 is 1.33 bits per heavy atom. The highest BCUT2D eigenvalue weighted by Gasteiger charge is 2.12. The van der Waals surface area contributed by atoms with Crippen molar-refractivity contribution in [2.45, 2.75) is 46.5 Å². The van der Waals surface area contributed by atoms with Gasteiger partial charge in [-0.15, -0.1) is 0 Å². The molecule has 118 valence electrons. The van der Waals surface area contributed by atoms with Gasteiger partial charge in [-0.25, -0.2) is 0 Å². The molecule has 0 radical (unpaired) electrons. The normalized spacial score (nSPS) is 12.0. The van der Waals surface area contributed by atoms with Crippen LogP contribution in [0.15, 0.2) is 18.2 Å². The van der Waals surface area contributed by atoms with E-state index in [1.54, 1.807) is 18.2 Å². The third-order valence-electron chi connectivity index (χ3n) is 3.59. The van der Waals surface area contributed by atoms with E-state index >= 15 is 0 Å². The molecule has 1 rings (SSSR count). The fourth-order valence-corrected chi connectivity index (χ4v) is 2.43. The fourth-order valence-electron chi connectivity index (χ4n) is 2.20. The first-order chi connectivity index (χ1) is 10.1. The van der Waals surface area contributed by atoms with E-state index in [4.69, 9.17) is 16.3 Å². The summed E-state index contributed by atoms with van der Waals surface area (Å²) in [7, 11) is 0. The van der Waals surface area contributed by atoms with Crippen molar-refractivity contribution in [3.63, 3.8) is 0 Å². The van der Waals surface area contributed by atoms with Gasteiger partial charge in [0.2, 0.25) is 0 Å². The van der Waals surface area contributed by atoms with Gasteiger partial charge in [0.05, 0.1) is 11.6 Å². The first kappa shape index (κ1) is 17.8. The Kier molecular flexibility index (Phi) is 8.21. The lowest BCUT2D eigenvalue weighted by Crippen LogP contribution is -2.29. The van der Waals surface area contributed by atoms with E-state index in [9.17, 15) is 4.79 Å². The molecule has 0 aromatic heterocycles. The second-order valence-electron chi connectivity index (χ2n) is 5.20. The van der Waals surface area contributed by atoms with Crippen molar-refractivity contribution in [1.29, 1.82) is 0 Å². The highest BCUT2D eigenvalue weighted by atomic mass is 35.5. The van der Waals surface area contributed by atoms with Crippen LogP contribution in [0.3, 0.4) is 0 Å². The molecular weight excluding hydrogens is 286 g/mol. The SMILES string of the molecule is CCCC[C@H](CC)CNC(=O)c1ccc(OCC)c(Cl)c1. The Labute approximate surface area is 133 Å². The molecule has 0 saturated heterocycles. The van der Waals surface area contributed by atoms with E-state index in [0.717, 1.165) is 19.4 Å². The number of hydrogen-bond donors (Lipinski definition) is 1. The molecule has 0 heterocycles. The van der Waals surface area contributed by atoms with Crippen LogP contribution in [0.2, 0.25) is 5.02 Å². The lowest BCUT2D eigenvalue weighted by molar-refractivity contribution is 0.0946. The first-order valence-corrected chi connectivity index (χ1v) is 8.20. The van der Waals surface area contributed by atoms with Gasteiger partial charge in [-0.3, -0.25) is 4.79 Å². The maximum atomic E-state index is 12.1. The summed E-state index contributed by atoms with van der Waals surface area (Å²) < 4.78 is 5.37. The van der Waals surface area contributed by atoms with Gasteiger partial charge in [0.1, 0.15) is 5.75 Å². The summed E-state index contributed by atoms with van der Waals surface area (Å²) in [5.41, 5.74) is 0.578. The monoisotopic (exact) mass is 311 g/mol. The molecular formula is C17H26ClNO2. The Bertz CT molecular complexity index is 448. The average Bonchev–Trinajstić information content (AvgIpc) is 2.49. The standard InChI is InChI=1S/C17H26ClNO2/c1-4-7-8-13(5-2)12-19-17(20)14-9-10-16(21-6-3)15(18)11-14/h9-11,13H,4-8,12H2,1-3H3,(H,19,20)/t13-/m0/s1. The van der Waals surface area contributed by atoms with Crippen molar-refractivity contribution in [3.8, 4) is 5.75 Å². The first-order valence-electron chi connectivity index (χ1n) is 7.82. The largest absolute Gasteiger partial charge is 0.492 e. The molecule has 0 aliphatic heterocycles. The number of carbonyl (C=O) groups is 1. The van der Waals surface area contributed by atoms with Gasteiger partial charge in [0.15, 0.2) is 0 Å². The molecule has 0 fully saturated rings. The van der Waals surface area contributed by atoms with E-state index < -0.39 is 0 Å². The van der Waals surface area contributed by atoms with Crippen molar-refractivity contribution in [2.24, 2.45) is 5.92 Å². The van der Waals surface area contributed by atoms with Crippen molar-refractivity contribution >= 4 is 17.5 Å². The molecule has 0 saturated carbocycles. The summed E-state index contributed by atoms with van der Waals surface area (Å²) in [5.74, 6) is 1.09. The molecule has 4 heteroatoms. The molecule has 21 heavy (non-hydrogen) atoms. The van der Waals surface area contributed by atoms with Crippen molar-refractivity contribution in [1.82, 2.24) is 5.32 Å². The minimum absolute atomic E-state index is 0.0742. The minimum Gasteiger partial charge on any atom is -0.492 e. The number of unbranched alkanes of at least 4 members (excludes halogenated alkanes) is 1. The molecule has 0 aliphatic rings. The molecule has 1 aromatic carbocycles. The second-order valence-corrected chi connectivity index (χ2v) is 5.61. The smallest absolute Gasteiger partial charge is 0.251 e. The van der Waals surface area contributed by atoms with Crippen molar-refractivity contribution < 1.29 is 9.53 Å². The fraction of sp³-hybridized carbons (Fsp3) is 0.588. The van der Waals surface area contributed by atoms with Crippen LogP contribution in [0, 0.1) is 5.92 Å². The van der Waals surface area contributed by atoms with Gasteiger partial charge in [-0.2, -0.15) is 0 Å². The lowest BCUT2D eigenvalue weighted by atomic mass is 9.99. The highest BCUT2D eigenvalue weighted by molar-refractivity contribution is 6.32. The minimum atomic E-state index is -0.0742. The molecule has 0 aliphatic carbocycles. The number of benzene rings is 1. The molecule has 3 nitrogen and oxygen atoms in total. The number of rotatable bonds is 9. The molecule has 1 N–H and O–H groups in total. The summed E-state index contributed by atoms with van der Waals surface area (Å²) in [6, 6.07) is 5.16. The van der Waals surface area contributed by atoms with Gasteiger partial charge < -0.3 is 10.1 Å². The summed E-state index contributed by atoms with van der Waals surface area (Å²) in [6.45, 7) is 7.53. The van der Waals surface area contributed by atoms with Gasteiger partial charge in [0, 0.05) is 12.1 Å². The Hall–Kier alpha value is -1.22. The quantitative estimate of drug-likeness (QED) is 0.718. The van der Waals surface area contributed by atoms with E-state index in [2.05, 4.69) is 19.2 Å². The van der Waals surface area contributed by atoms with Crippen molar-refractivity contribution in [2.75, 3.05) is 13.2 Å². The predicted molar refractivity (Wildman–Crippen MR) is 88.3 cm³/mol. The number of halogens is 1. The van der Waals surface area contributed by atoms with Crippen LogP contribution in [0.5, 0.6) is 5.75 Å². The zero-order valence-corrected chi connectivity index (χ0v) is 14.0. The third-order valence-corrected chi connectivity index (χ3v) is 3.88. The summed E-state index contributed by atoms with van der Waals surface area (Å²) in [6.07, 6.45) is 4.66. The summed E-state index contributed by atoms with van der Waals surface area (Å²) in [5, 5.41) is 3.47. The second kappa shape index (κ2) is 9.67. The topological polar surface area (TPSA) is 38.3 Å². The van der Waals surface area contributed by atoms with Gasteiger partial charge in [0.25, 0.3) is 5.91 Å². The van der Waals surface area contributed by atoms with E-state index in [1.165, 1.54) is 12.8 Å². The van der Waals surface area contributed by atoms with E-state index in [1.807, 2.05) is 6.92 Å². The Morgan fingerprint density at radius 2 is 2.10 bits per heavy atom. The number of hydrogen-bond acceptors (Lipinski definition) is 2. The van der Waals surface area contributed by atoms with Crippen LogP contribution in [0.4, 0.5) is 0 Å². The molecule has 0 bridgehead atoms. The molecule has 0 spiro atoms. The number of nitrogens with one attached hydrogen (secondary N) is 1. The maximum absolute atomic E-state index is 12.1. The molecule has 1 atom stereocenters. The van der Waals surface area contributed by atoms with Gasteiger partial charge >= 0.3 is 0 Å². The third kappa shape index (κ3) is 5.96. The Morgan fingerprint density at radius 3 is 2.67 bits per heavy atom. The van der Waals surface area contributed by atoms with Gasteiger partial charge in [-0.05, 0) is 37.5 Å².